The first-order valence-electron chi connectivity index (χ1n) is 5.95. The highest BCUT2D eigenvalue weighted by Crippen LogP contribution is 2.20. The summed E-state index contributed by atoms with van der Waals surface area (Å²) < 4.78 is 6.88. The van der Waals surface area contributed by atoms with Crippen molar-refractivity contribution >= 4 is 22.8 Å². The highest BCUT2D eigenvalue weighted by Gasteiger charge is 2.08. The van der Waals surface area contributed by atoms with Crippen molar-refractivity contribution in [3.05, 3.63) is 42.8 Å². The molecule has 1 aromatic carbocycles. The molecule has 6 heteroatoms. The summed E-state index contributed by atoms with van der Waals surface area (Å²) in [7, 11) is 0. The largest absolute Gasteiger partial charge is 0.441 e. The number of carbonyl (C=O) groups excluding carboxylic acids is 1. The molecule has 96 valence electrons. The van der Waals surface area contributed by atoms with Gasteiger partial charge in [-0.1, -0.05) is 6.92 Å². The number of anilines is 1. The van der Waals surface area contributed by atoms with Crippen LogP contribution in [-0.4, -0.2) is 20.6 Å². The fourth-order valence-electron chi connectivity index (χ4n) is 1.77. The highest BCUT2D eigenvalue weighted by molar-refractivity contribution is 5.92. The molecule has 3 aromatic rings. The van der Waals surface area contributed by atoms with Gasteiger partial charge in [-0.05, 0) is 18.2 Å². The van der Waals surface area contributed by atoms with Gasteiger partial charge in [-0.15, -0.1) is 0 Å². The number of oxazole rings is 1. The highest BCUT2D eigenvalue weighted by atomic mass is 16.3. The molecule has 0 fully saturated rings. The number of fused-ring (bicyclic) bond motifs is 1. The van der Waals surface area contributed by atoms with E-state index in [2.05, 4.69) is 15.3 Å². The minimum Gasteiger partial charge on any atom is -0.441 e. The second kappa shape index (κ2) is 4.56. The van der Waals surface area contributed by atoms with Crippen molar-refractivity contribution in [2.24, 2.45) is 0 Å². The van der Waals surface area contributed by atoms with Crippen LogP contribution in [0.2, 0.25) is 0 Å². The van der Waals surface area contributed by atoms with Gasteiger partial charge < -0.3 is 9.73 Å². The molecule has 0 aliphatic heterocycles. The molecule has 0 unspecified atom stereocenters. The van der Waals surface area contributed by atoms with E-state index in [1.54, 1.807) is 30.6 Å². The Kier molecular flexibility index (Phi) is 2.75. The number of rotatable bonds is 2. The normalized spacial score (nSPS) is 10.8. The number of amides is 1. The quantitative estimate of drug-likeness (QED) is 0.765. The molecule has 0 bridgehead atoms. The molecule has 2 heterocycles. The van der Waals surface area contributed by atoms with E-state index in [0.717, 1.165) is 17.5 Å². The molecular weight excluding hydrogens is 244 g/mol. The number of benzene rings is 1. The SMILES string of the molecule is CCc1nc2cc(NC(=O)n3ccnc3)ccc2o1. The molecule has 0 aliphatic rings. The predicted octanol–water partition coefficient (Wildman–Crippen LogP) is 2.67. The van der Waals surface area contributed by atoms with Gasteiger partial charge in [0.2, 0.25) is 0 Å². The Bertz CT molecular complexity index is 715. The lowest BCUT2D eigenvalue weighted by Crippen LogP contribution is -2.17. The van der Waals surface area contributed by atoms with Gasteiger partial charge in [-0.25, -0.2) is 14.8 Å². The topological polar surface area (TPSA) is 73.0 Å². The minimum absolute atomic E-state index is 0.268. The van der Waals surface area contributed by atoms with Crippen LogP contribution in [0.4, 0.5) is 10.5 Å². The molecule has 2 aromatic heterocycles. The third-order valence-electron chi connectivity index (χ3n) is 2.72. The molecule has 19 heavy (non-hydrogen) atoms. The number of aryl methyl sites for hydroxylation is 1. The van der Waals surface area contributed by atoms with Crippen LogP contribution in [0.5, 0.6) is 0 Å². The molecule has 0 saturated carbocycles. The maximum Gasteiger partial charge on any atom is 0.331 e. The van der Waals surface area contributed by atoms with E-state index in [1.165, 1.54) is 10.9 Å². The van der Waals surface area contributed by atoms with Crippen LogP contribution >= 0.6 is 0 Å². The van der Waals surface area contributed by atoms with Gasteiger partial charge in [0.15, 0.2) is 11.5 Å². The van der Waals surface area contributed by atoms with Gasteiger partial charge in [-0.3, -0.25) is 4.57 Å². The third kappa shape index (κ3) is 2.20. The first-order valence-corrected chi connectivity index (χ1v) is 5.95. The summed E-state index contributed by atoms with van der Waals surface area (Å²) in [5, 5.41) is 2.77. The van der Waals surface area contributed by atoms with Gasteiger partial charge in [0.25, 0.3) is 0 Å². The minimum atomic E-state index is -0.268. The van der Waals surface area contributed by atoms with E-state index in [-0.39, 0.29) is 6.03 Å². The van der Waals surface area contributed by atoms with Crippen LogP contribution in [-0.2, 0) is 6.42 Å². The summed E-state index contributed by atoms with van der Waals surface area (Å²) in [5.41, 5.74) is 2.12. The zero-order valence-corrected chi connectivity index (χ0v) is 10.3. The van der Waals surface area contributed by atoms with Crippen LogP contribution in [0, 0.1) is 0 Å². The smallest absolute Gasteiger partial charge is 0.331 e. The van der Waals surface area contributed by atoms with E-state index in [1.807, 2.05) is 6.92 Å². The number of nitrogens with zero attached hydrogens (tertiary/aromatic N) is 3. The fraction of sp³-hybridized carbons (Fsp3) is 0.154. The standard InChI is InChI=1S/C13H12N4O2/c1-2-12-16-10-7-9(3-4-11(10)19-12)15-13(18)17-6-5-14-8-17/h3-8H,2H2,1H3,(H,15,18). The van der Waals surface area contributed by atoms with Crippen LogP contribution in [0.3, 0.4) is 0 Å². The number of hydrogen-bond donors (Lipinski definition) is 1. The number of aromatic nitrogens is 3. The molecule has 0 saturated heterocycles. The first kappa shape index (κ1) is 11.5. The number of imidazole rings is 1. The lowest BCUT2D eigenvalue weighted by Gasteiger charge is -2.04. The van der Waals surface area contributed by atoms with Crippen molar-refractivity contribution in [3.8, 4) is 0 Å². The summed E-state index contributed by atoms with van der Waals surface area (Å²) in [4.78, 5) is 20.0. The maximum atomic E-state index is 11.8. The van der Waals surface area contributed by atoms with Crippen molar-refractivity contribution in [2.45, 2.75) is 13.3 Å². The monoisotopic (exact) mass is 256 g/mol. The van der Waals surface area contributed by atoms with Gasteiger partial charge in [-0.2, -0.15) is 0 Å². The molecule has 3 rings (SSSR count). The molecule has 0 atom stereocenters. The number of carbonyl (C=O) groups is 1. The zero-order chi connectivity index (χ0) is 13.2. The first-order chi connectivity index (χ1) is 9.26. The van der Waals surface area contributed by atoms with Gasteiger partial charge in [0.1, 0.15) is 11.8 Å². The van der Waals surface area contributed by atoms with Crippen LogP contribution in [0.1, 0.15) is 12.8 Å². The molecular formula is C13H12N4O2. The Morgan fingerprint density at radius 3 is 3.11 bits per heavy atom. The second-order valence-electron chi connectivity index (χ2n) is 4.04. The molecule has 0 radical (unpaired) electrons. The van der Waals surface area contributed by atoms with Crippen LogP contribution < -0.4 is 5.32 Å². The van der Waals surface area contributed by atoms with E-state index < -0.39 is 0 Å². The third-order valence-corrected chi connectivity index (χ3v) is 2.72. The van der Waals surface area contributed by atoms with Crippen molar-refractivity contribution in [3.63, 3.8) is 0 Å². The molecule has 1 amide bonds. The Balaban J connectivity index is 1.87. The molecule has 6 nitrogen and oxygen atoms in total. The van der Waals surface area contributed by atoms with Crippen molar-refractivity contribution in [1.29, 1.82) is 0 Å². The van der Waals surface area contributed by atoms with E-state index in [9.17, 15) is 4.79 Å². The van der Waals surface area contributed by atoms with Gasteiger partial charge >= 0.3 is 6.03 Å². The van der Waals surface area contributed by atoms with Crippen LogP contribution in [0.25, 0.3) is 11.1 Å². The lowest BCUT2D eigenvalue weighted by molar-refractivity contribution is 0.253. The Morgan fingerprint density at radius 1 is 1.47 bits per heavy atom. The summed E-state index contributed by atoms with van der Waals surface area (Å²) in [6.07, 6.45) is 5.32. The van der Waals surface area contributed by atoms with Crippen molar-refractivity contribution in [2.75, 3.05) is 5.32 Å². The van der Waals surface area contributed by atoms with E-state index >= 15 is 0 Å². The second-order valence-corrected chi connectivity index (χ2v) is 4.04. The van der Waals surface area contributed by atoms with Gasteiger partial charge in [0, 0.05) is 24.5 Å². The van der Waals surface area contributed by atoms with E-state index in [4.69, 9.17) is 4.42 Å². The Hall–Kier alpha value is -2.63. The number of nitrogens with one attached hydrogen (secondary N) is 1. The predicted molar refractivity (Wildman–Crippen MR) is 70.0 cm³/mol. The summed E-state index contributed by atoms with van der Waals surface area (Å²) in [6.45, 7) is 1.98. The zero-order valence-electron chi connectivity index (χ0n) is 10.3. The van der Waals surface area contributed by atoms with Crippen molar-refractivity contribution in [1.82, 2.24) is 14.5 Å². The number of hydrogen-bond acceptors (Lipinski definition) is 4. The Labute approximate surface area is 109 Å². The van der Waals surface area contributed by atoms with E-state index in [0.29, 0.717) is 11.6 Å². The fourth-order valence-corrected chi connectivity index (χ4v) is 1.77. The summed E-state index contributed by atoms with van der Waals surface area (Å²) >= 11 is 0. The summed E-state index contributed by atoms with van der Waals surface area (Å²) in [5.74, 6) is 0.688. The summed E-state index contributed by atoms with van der Waals surface area (Å²) in [6, 6.07) is 5.09. The average molecular weight is 256 g/mol. The lowest BCUT2D eigenvalue weighted by atomic mass is 10.3. The molecule has 1 N–H and O–H groups in total. The van der Waals surface area contributed by atoms with Crippen molar-refractivity contribution < 1.29 is 9.21 Å². The average Bonchev–Trinajstić information content (AvgIpc) is 3.07. The van der Waals surface area contributed by atoms with Gasteiger partial charge in [0.05, 0.1) is 0 Å². The molecule has 0 aliphatic carbocycles. The maximum absolute atomic E-state index is 11.8. The van der Waals surface area contributed by atoms with Crippen LogP contribution in [0.15, 0.2) is 41.3 Å². The Morgan fingerprint density at radius 2 is 2.37 bits per heavy atom. The molecule has 0 spiro atoms.